The van der Waals surface area contributed by atoms with Crippen molar-refractivity contribution in [1.82, 2.24) is 5.32 Å². The second-order valence-electron chi connectivity index (χ2n) is 7.08. The lowest BCUT2D eigenvalue weighted by atomic mass is 10.1. The molecule has 3 N–H and O–H groups in total. The average molecular weight is 381 g/mol. The Kier molecular flexibility index (Phi) is 6.66. The molecule has 0 aliphatic carbocycles. The summed E-state index contributed by atoms with van der Waals surface area (Å²) in [5.41, 5.74) is 4.35. The quantitative estimate of drug-likeness (QED) is 0.688. The van der Waals surface area contributed by atoms with Crippen LogP contribution in [0.3, 0.4) is 0 Å². The van der Waals surface area contributed by atoms with Crippen LogP contribution in [0.15, 0.2) is 42.5 Å². The van der Waals surface area contributed by atoms with Crippen molar-refractivity contribution in [1.29, 1.82) is 0 Å². The fraction of sp³-hybridized carbons (Fsp3) is 0.364. The summed E-state index contributed by atoms with van der Waals surface area (Å²) in [6, 6.07) is 12.9. The molecule has 1 fully saturated rings. The third kappa shape index (κ3) is 5.33. The second kappa shape index (κ2) is 9.37. The van der Waals surface area contributed by atoms with Gasteiger partial charge in [0.2, 0.25) is 5.91 Å². The molecule has 3 rings (SSSR count). The van der Waals surface area contributed by atoms with E-state index >= 15 is 0 Å². The number of anilines is 2. The minimum atomic E-state index is -0.169. The Morgan fingerprint density at radius 2 is 1.96 bits per heavy atom. The van der Waals surface area contributed by atoms with Crippen molar-refractivity contribution in [3.05, 3.63) is 59.2 Å². The van der Waals surface area contributed by atoms with Crippen LogP contribution < -0.4 is 16.0 Å². The number of rotatable bonds is 7. The van der Waals surface area contributed by atoms with E-state index in [1.165, 1.54) is 5.56 Å². The summed E-state index contributed by atoms with van der Waals surface area (Å²) in [7, 11) is 0. The van der Waals surface area contributed by atoms with Crippen molar-refractivity contribution < 1.29 is 14.3 Å². The molecule has 0 spiro atoms. The highest BCUT2D eigenvalue weighted by molar-refractivity contribution is 5.98. The van der Waals surface area contributed by atoms with Gasteiger partial charge in [-0.25, -0.2) is 0 Å². The van der Waals surface area contributed by atoms with Gasteiger partial charge in [0, 0.05) is 30.1 Å². The smallest absolute Gasteiger partial charge is 0.251 e. The lowest BCUT2D eigenvalue weighted by Gasteiger charge is -2.13. The number of amides is 2. The minimum absolute atomic E-state index is 0.1000. The first-order valence-electron chi connectivity index (χ1n) is 9.63. The zero-order valence-corrected chi connectivity index (χ0v) is 16.4. The van der Waals surface area contributed by atoms with Crippen LogP contribution in [0.25, 0.3) is 0 Å². The third-order valence-electron chi connectivity index (χ3n) is 4.97. The first kappa shape index (κ1) is 19.9. The standard InChI is InChI=1S/C22H27N3O3/c1-15-6-3-10-20(16(15)2)23-14-21(26)25-18-8-4-7-17(12-18)22(27)24-13-19-9-5-11-28-19/h3-4,6-8,10,12,19,23H,5,9,11,13-14H2,1-2H3,(H,24,27)(H,25,26). The summed E-state index contributed by atoms with van der Waals surface area (Å²) in [5, 5.41) is 8.88. The Hall–Kier alpha value is -2.86. The van der Waals surface area contributed by atoms with Crippen LogP contribution in [-0.2, 0) is 9.53 Å². The van der Waals surface area contributed by atoms with Crippen molar-refractivity contribution in [3.63, 3.8) is 0 Å². The second-order valence-corrected chi connectivity index (χ2v) is 7.08. The number of aryl methyl sites for hydroxylation is 1. The van der Waals surface area contributed by atoms with Gasteiger partial charge in [-0.2, -0.15) is 0 Å². The molecule has 2 aromatic carbocycles. The first-order chi connectivity index (χ1) is 13.5. The maximum Gasteiger partial charge on any atom is 0.251 e. The predicted octanol–water partition coefficient (Wildman–Crippen LogP) is 3.26. The zero-order chi connectivity index (χ0) is 19.9. The van der Waals surface area contributed by atoms with Crippen LogP contribution >= 0.6 is 0 Å². The van der Waals surface area contributed by atoms with Gasteiger partial charge in [-0.3, -0.25) is 9.59 Å². The Balaban J connectivity index is 1.52. The largest absolute Gasteiger partial charge is 0.376 e. The number of hydrogen-bond donors (Lipinski definition) is 3. The van der Waals surface area contributed by atoms with Crippen molar-refractivity contribution in [2.24, 2.45) is 0 Å². The van der Waals surface area contributed by atoms with Crippen molar-refractivity contribution in [2.45, 2.75) is 32.8 Å². The minimum Gasteiger partial charge on any atom is -0.376 e. The molecule has 1 heterocycles. The molecule has 6 heteroatoms. The van der Waals surface area contributed by atoms with Gasteiger partial charge in [-0.05, 0) is 62.1 Å². The van der Waals surface area contributed by atoms with Gasteiger partial charge in [0.25, 0.3) is 5.91 Å². The number of benzene rings is 2. The lowest BCUT2D eigenvalue weighted by Crippen LogP contribution is -2.31. The Morgan fingerprint density at radius 1 is 1.14 bits per heavy atom. The molecule has 0 aromatic heterocycles. The molecule has 28 heavy (non-hydrogen) atoms. The van der Waals surface area contributed by atoms with Crippen LogP contribution in [0.2, 0.25) is 0 Å². The Morgan fingerprint density at radius 3 is 2.75 bits per heavy atom. The molecule has 2 amide bonds. The summed E-state index contributed by atoms with van der Waals surface area (Å²) < 4.78 is 5.52. The molecule has 1 saturated heterocycles. The summed E-state index contributed by atoms with van der Waals surface area (Å²) in [6.45, 7) is 5.48. The highest BCUT2D eigenvalue weighted by Gasteiger charge is 2.17. The molecule has 0 radical (unpaired) electrons. The van der Waals surface area contributed by atoms with Gasteiger partial charge in [0.1, 0.15) is 0 Å². The topological polar surface area (TPSA) is 79.5 Å². The monoisotopic (exact) mass is 381 g/mol. The van der Waals surface area contributed by atoms with E-state index in [0.717, 1.165) is 30.7 Å². The third-order valence-corrected chi connectivity index (χ3v) is 4.97. The predicted molar refractivity (Wildman–Crippen MR) is 111 cm³/mol. The Labute approximate surface area is 165 Å². The normalized spacial score (nSPS) is 15.9. The van der Waals surface area contributed by atoms with Crippen molar-refractivity contribution in [3.8, 4) is 0 Å². The zero-order valence-electron chi connectivity index (χ0n) is 16.4. The SMILES string of the molecule is Cc1cccc(NCC(=O)Nc2cccc(C(=O)NCC3CCCO3)c2)c1C. The number of ether oxygens (including phenoxy) is 1. The van der Waals surface area contributed by atoms with Crippen LogP contribution in [-0.4, -0.2) is 37.6 Å². The maximum atomic E-state index is 12.3. The number of carbonyl (C=O) groups is 2. The van der Waals surface area contributed by atoms with E-state index in [-0.39, 0.29) is 24.5 Å². The molecule has 148 valence electrons. The molecule has 1 aliphatic rings. The van der Waals surface area contributed by atoms with E-state index in [1.807, 2.05) is 32.0 Å². The molecule has 1 aliphatic heterocycles. The van der Waals surface area contributed by atoms with Gasteiger partial charge in [-0.1, -0.05) is 18.2 Å². The molecule has 1 unspecified atom stereocenters. The highest BCUT2D eigenvalue weighted by atomic mass is 16.5. The van der Waals surface area contributed by atoms with Gasteiger partial charge in [0.15, 0.2) is 0 Å². The molecular weight excluding hydrogens is 354 g/mol. The van der Waals surface area contributed by atoms with Gasteiger partial charge in [0.05, 0.1) is 12.6 Å². The van der Waals surface area contributed by atoms with E-state index < -0.39 is 0 Å². The molecule has 0 bridgehead atoms. The van der Waals surface area contributed by atoms with Gasteiger partial charge in [-0.15, -0.1) is 0 Å². The van der Waals surface area contributed by atoms with E-state index in [0.29, 0.717) is 17.8 Å². The van der Waals surface area contributed by atoms with E-state index in [4.69, 9.17) is 4.74 Å². The van der Waals surface area contributed by atoms with Gasteiger partial charge >= 0.3 is 0 Å². The molecule has 6 nitrogen and oxygen atoms in total. The number of nitrogens with one attached hydrogen (secondary N) is 3. The number of hydrogen-bond acceptors (Lipinski definition) is 4. The molecule has 2 aromatic rings. The van der Waals surface area contributed by atoms with Gasteiger partial charge < -0.3 is 20.7 Å². The van der Waals surface area contributed by atoms with E-state index in [1.54, 1.807) is 24.3 Å². The summed E-state index contributed by atoms with van der Waals surface area (Å²) in [5.74, 6) is -0.335. The maximum absolute atomic E-state index is 12.3. The lowest BCUT2D eigenvalue weighted by molar-refractivity contribution is -0.114. The van der Waals surface area contributed by atoms with Crippen LogP contribution in [0.1, 0.15) is 34.3 Å². The Bertz CT molecular complexity index is 845. The fourth-order valence-corrected chi connectivity index (χ4v) is 3.18. The fourth-order valence-electron chi connectivity index (χ4n) is 3.18. The average Bonchev–Trinajstić information content (AvgIpc) is 3.21. The summed E-state index contributed by atoms with van der Waals surface area (Å²) >= 11 is 0. The van der Waals surface area contributed by atoms with Crippen molar-refractivity contribution in [2.75, 3.05) is 30.3 Å². The van der Waals surface area contributed by atoms with Crippen LogP contribution in [0.5, 0.6) is 0 Å². The van der Waals surface area contributed by atoms with E-state index in [9.17, 15) is 9.59 Å². The van der Waals surface area contributed by atoms with Crippen LogP contribution in [0, 0.1) is 13.8 Å². The summed E-state index contributed by atoms with van der Waals surface area (Å²) in [6.07, 6.45) is 2.12. The summed E-state index contributed by atoms with van der Waals surface area (Å²) in [4.78, 5) is 24.6. The molecule has 0 saturated carbocycles. The van der Waals surface area contributed by atoms with Crippen molar-refractivity contribution >= 4 is 23.2 Å². The molecule has 1 atom stereocenters. The first-order valence-corrected chi connectivity index (χ1v) is 9.63. The highest BCUT2D eigenvalue weighted by Crippen LogP contribution is 2.18. The van der Waals surface area contributed by atoms with Crippen LogP contribution in [0.4, 0.5) is 11.4 Å². The number of carbonyl (C=O) groups excluding carboxylic acids is 2. The molecular formula is C22H27N3O3. The van der Waals surface area contributed by atoms with E-state index in [2.05, 4.69) is 16.0 Å².